The lowest BCUT2D eigenvalue weighted by Crippen LogP contribution is -2.31. The zero-order valence-corrected chi connectivity index (χ0v) is 16.1. The van der Waals surface area contributed by atoms with E-state index in [0.717, 1.165) is 41.4 Å². The van der Waals surface area contributed by atoms with Crippen LogP contribution in [0.1, 0.15) is 30.3 Å². The van der Waals surface area contributed by atoms with Gasteiger partial charge in [0.05, 0.1) is 36.4 Å². The molecule has 0 spiro atoms. The van der Waals surface area contributed by atoms with Gasteiger partial charge < -0.3 is 14.4 Å². The van der Waals surface area contributed by atoms with Crippen LogP contribution in [0.4, 0.5) is 0 Å². The number of carbonyl (C=O) groups excluding carboxylic acids is 1. The van der Waals surface area contributed by atoms with E-state index in [2.05, 4.69) is 6.07 Å². The highest BCUT2D eigenvalue weighted by atomic mass is 32.1. The molecule has 0 bridgehead atoms. The maximum atomic E-state index is 12.7. The normalized spacial score (nSPS) is 16.6. The number of hydrogen-bond acceptors (Lipinski definition) is 5. The summed E-state index contributed by atoms with van der Waals surface area (Å²) < 4.78 is 12.0. The number of para-hydroxylation sites is 1. The van der Waals surface area contributed by atoms with Gasteiger partial charge in [-0.05, 0) is 49.2 Å². The molecule has 1 atom stereocenters. The first kappa shape index (κ1) is 17.8. The van der Waals surface area contributed by atoms with E-state index in [1.165, 1.54) is 4.70 Å². The summed E-state index contributed by atoms with van der Waals surface area (Å²) in [4.78, 5) is 19.5. The van der Waals surface area contributed by atoms with Crippen LogP contribution < -0.4 is 9.47 Å². The van der Waals surface area contributed by atoms with Gasteiger partial charge in [0.25, 0.3) is 0 Å². The maximum absolute atomic E-state index is 12.7. The smallest absolute Gasteiger partial charge is 0.226 e. The van der Waals surface area contributed by atoms with Crippen LogP contribution in [-0.4, -0.2) is 36.1 Å². The maximum Gasteiger partial charge on any atom is 0.226 e. The van der Waals surface area contributed by atoms with Gasteiger partial charge in [-0.3, -0.25) is 4.79 Å². The van der Waals surface area contributed by atoms with Crippen molar-refractivity contribution in [2.75, 3.05) is 20.3 Å². The molecule has 3 aromatic rings. The monoisotopic (exact) mass is 382 g/mol. The van der Waals surface area contributed by atoms with Crippen LogP contribution in [0.5, 0.6) is 11.5 Å². The van der Waals surface area contributed by atoms with E-state index in [-0.39, 0.29) is 11.9 Å². The van der Waals surface area contributed by atoms with Crippen molar-refractivity contribution in [3.05, 3.63) is 53.5 Å². The minimum atomic E-state index is 0.0934. The summed E-state index contributed by atoms with van der Waals surface area (Å²) in [5.41, 5.74) is 1.01. The second kappa shape index (κ2) is 7.96. The Bertz CT molecular complexity index is 890. The Labute approximate surface area is 162 Å². The van der Waals surface area contributed by atoms with Crippen molar-refractivity contribution in [3.8, 4) is 11.5 Å². The van der Waals surface area contributed by atoms with Crippen LogP contribution >= 0.6 is 11.3 Å². The predicted molar refractivity (Wildman–Crippen MR) is 106 cm³/mol. The number of thiazole rings is 1. The van der Waals surface area contributed by atoms with Gasteiger partial charge in [0.2, 0.25) is 5.91 Å². The van der Waals surface area contributed by atoms with Crippen LogP contribution in [0.15, 0.2) is 48.5 Å². The number of rotatable bonds is 6. The molecule has 4 rings (SSSR count). The van der Waals surface area contributed by atoms with Crippen molar-refractivity contribution >= 4 is 27.5 Å². The van der Waals surface area contributed by atoms with Crippen LogP contribution in [0.2, 0.25) is 0 Å². The number of fused-ring (bicyclic) bond motifs is 1. The van der Waals surface area contributed by atoms with E-state index in [1.807, 2.05) is 47.4 Å². The first-order chi connectivity index (χ1) is 13.2. The Kier molecular flexibility index (Phi) is 5.25. The summed E-state index contributed by atoms with van der Waals surface area (Å²) in [6, 6.07) is 15.6. The van der Waals surface area contributed by atoms with Gasteiger partial charge in [-0.15, -0.1) is 11.3 Å². The molecule has 1 aliphatic rings. The minimum Gasteiger partial charge on any atom is -0.497 e. The van der Waals surface area contributed by atoms with Gasteiger partial charge in [0.1, 0.15) is 16.5 Å². The number of methoxy groups -OCH3 is 1. The average Bonchev–Trinajstić information content (AvgIpc) is 3.35. The molecule has 0 saturated carbocycles. The number of amides is 1. The van der Waals surface area contributed by atoms with Gasteiger partial charge in [0, 0.05) is 6.54 Å². The largest absolute Gasteiger partial charge is 0.497 e. The van der Waals surface area contributed by atoms with Crippen LogP contribution in [0.25, 0.3) is 10.2 Å². The molecule has 0 radical (unpaired) electrons. The summed E-state index contributed by atoms with van der Waals surface area (Å²) >= 11 is 1.69. The Morgan fingerprint density at radius 1 is 1.19 bits per heavy atom. The summed E-state index contributed by atoms with van der Waals surface area (Å²) in [5.74, 6) is 1.66. The molecular formula is C21H22N2O3S. The summed E-state index contributed by atoms with van der Waals surface area (Å²) in [5, 5.41) is 1.04. The lowest BCUT2D eigenvalue weighted by atomic mass is 10.2. The first-order valence-electron chi connectivity index (χ1n) is 9.16. The van der Waals surface area contributed by atoms with Crippen molar-refractivity contribution in [1.82, 2.24) is 9.88 Å². The van der Waals surface area contributed by atoms with Gasteiger partial charge in [-0.25, -0.2) is 4.98 Å². The van der Waals surface area contributed by atoms with Gasteiger partial charge in [-0.2, -0.15) is 0 Å². The number of carbonyl (C=O) groups is 1. The van der Waals surface area contributed by atoms with Crippen LogP contribution in [0.3, 0.4) is 0 Å². The van der Waals surface area contributed by atoms with Gasteiger partial charge >= 0.3 is 0 Å². The Morgan fingerprint density at radius 3 is 2.74 bits per heavy atom. The third-order valence-corrected chi connectivity index (χ3v) is 5.95. The molecule has 1 fully saturated rings. The van der Waals surface area contributed by atoms with E-state index in [1.54, 1.807) is 18.4 Å². The molecule has 1 aliphatic heterocycles. The number of nitrogens with zero attached hydrogens (tertiary/aromatic N) is 2. The molecule has 0 N–H and O–H groups in total. The van der Waals surface area contributed by atoms with Crippen LogP contribution in [0, 0.1) is 0 Å². The molecule has 1 amide bonds. The molecule has 5 nitrogen and oxygen atoms in total. The Balaban J connectivity index is 1.37. The number of aromatic nitrogens is 1. The summed E-state index contributed by atoms with van der Waals surface area (Å²) in [7, 11) is 1.63. The Hall–Kier alpha value is -2.60. The Morgan fingerprint density at radius 2 is 1.96 bits per heavy atom. The lowest BCUT2D eigenvalue weighted by Gasteiger charge is -2.23. The van der Waals surface area contributed by atoms with Gasteiger partial charge in [0.15, 0.2) is 0 Å². The average molecular weight is 382 g/mol. The van der Waals surface area contributed by atoms with Gasteiger partial charge in [-0.1, -0.05) is 12.1 Å². The lowest BCUT2D eigenvalue weighted by molar-refractivity contribution is -0.132. The van der Waals surface area contributed by atoms with E-state index in [0.29, 0.717) is 13.0 Å². The second-order valence-electron chi connectivity index (χ2n) is 6.54. The van der Waals surface area contributed by atoms with Crippen molar-refractivity contribution in [3.63, 3.8) is 0 Å². The molecule has 2 heterocycles. The number of ether oxygens (including phenoxy) is 2. The topological polar surface area (TPSA) is 51.7 Å². The third kappa shape index (κ3) is 3.90. The molecular weight excluding hydrogens is 360 g/mol. The fourth-order valence-corrected chi connectivity index (χ4v) is 4.54. The van der Waals surface area contributed by atoms with Crippen molar-refractivity contribution in [1.29, 1.82) is 0 Å². The number of likely N-dealkylation sites (tertiary alicyclic amines) is 1. The van der Waals surface area contributed by atoms with Crippen molar-refractivity contribution in [2.45, 2.75) is 25.3 Å². The second-order valence-corrected chi connectivity index (χ2v) is 7.60. The molecule has 1 saturated heterocycles. The van der Waals surface area contributed by atoms with E-state index in [4.69, 9.17) is 14.5 Å². The van der Waals surface area contributed by atoms with Crippen LogP contribution in [-0.2, 0) is 4.79 Å². The minimum absolute atomic E-state index is 0.0934. The molecule has 0 aliphatic carbocycles. The highest BCUT2D eigenvalue weighted by Crippen LogP contribution is 2.36. The zero-order chi connectivity index (χ0) is 18.6. The number of hydrogen-bond donors (Lipinski definition) is 0. The molecule has 27 heavy (non-hydrogen) atoms. The molecule has 1 aromatic heterocycles. The fraction of sp³-hybridized carbons (Fsp3) is 0.333. The standard InChI is InChI=1S/C21H22N2O3S/c1-25-15-8-10-16(11-9-15)26-14-12-20(24)23-13-4-6-18(23)21-22-17-5-2-3-7-19(17)27-21/h2-3,5,7-11,18H,4,6,12-14H2,1H3/t18-/m0/s1. The third-order valence-electron chi connectivity index (χ3n) is 4.81. The zero-order valence-electron chi connectivity index (χ0n) is 15.3. The highest BCUT2D eigenvalue weighted by molar-refractivity contribution is 7.18. The van der Waals surface area contributed by atoms with E-state index in [9.17, 15) is 4.79 Å². The molecule has 2 aromatic carbocycles. The van der Waals surface area contributed by atoms with E-state index < -0.39 is 0 Å². The van der Waals surface area contributed by atoms with Crippen molar-refractivity contribution < 1.29 is 14.3 Å². The fourth-order valence-electron chi connectivity index (χ4n) is 3.43. The first-order valence-corrected chi connectivity index (χ1v) is 9.98. The molecule has 140 valence electrons. The van der Waals surface area contributed by atoms with Crippen molar-refractivity contribution in [2.24, 2.45) is 0 Å². The predicted octanol–water partition coefficient (Wildman–Crippen LogP) is 4.44. The highest BCUT2D eigenvalue weighted by Gasteiger charge is 2.31. The molecule has 0 unspecified atom stereocenters. The number of benzene rings is 2. The van der Waals surface area contributed by atoms with E-state index >= 15 is 0 Å². The quantitative estimate of drug-likeness (QED) is 0.633. The summed E-state index contributed by atoms with van der Waals surface area (Å²) in [6.45, 7) is 1.16. The summed E-state index contributed by atoms with van der Waals surface area (Å²) in [6.07, 6.45) is 2.37. The SMILES string of the molecule is COc1ccc(OCCC(=O)N2CCC[C@H]2c2nc3ccccc3s2)cc1. The molecule has 6 heteroatoms.